The Morgan fingerprint density at radius 1 is 1.23 bits per heavy atom. The van der Waals surface area contributed by atoms with Crippen LogP contribution in [0.4, 0.5) is 0 Å². The molecule has 1 aromatic heterocycles. The van der Waals surface area contributed by atoms with Gasteiger partial charge in [-0.2, -0.15) is 0 Å². The number of nitrogens with one attached hydrogen (secondary N) is 2. The lowest BCUT2D eigenvalue weighted by molar-refractivity contribution is -0.140. The number of carbonyl (C=O) groups is 1. The molecular formula is C29H44N4O2. The highest BCUT2D eigenvalue weighted by atomic mass is 16.5. The van der Waals surface area contributed by atoms with Crippen LogP contribution in [0, 0.1) is 18.8 Å². The van der Waals surface area contributed by atoms with Crippen molar-refractivity contribution in [3.05, 3.63) is 45.4 Å². The van der Waals surface area contributed by atoms with E-state index in [0.29, 0.717) is 12.8 Å². The number of carbonyl (C=O) groups excluding carboxylic acids is 1. The third-order valence-corrected chi connectivity index (χ3v) is 6.99. The van der Waals surface area contributed by atoms with Crippen molar-refractivity contribution in [2.75, 3.05) is 20.7 Å². The molecule has 0 saturated heterocycles. The molecule has 1 aliphatic rings. The van der Waals surface area contributed by atoms with Gasteiger partial charge in [0, 0.05) is 65.4 Å². The van der Waals surface area contributed by atoms with Gasteiger partial charge in [0.15, 0.2) is 0 Å². The van der Waals surface area contributed by atoms with Gasteiger partial charge in [-0.3, -0.25) is 14.8 Å². The summed E-state index contributed by atoms with van der Waals surface area (Å²) in [6.45, 7) is 15.7. The molecule has 0 amide bonds. The maximum atomic E-state index is 12.0. The molecule has 2 N–H and O–H groups in total. The third-order valence-electron chi connectivity index (χ3n) is 6.99. The molecule has 0 radical (unpaired) electrons. The monoisotopic (exact) mass is 480 g/mol. The number of hydrogen-bond acceptors (Lipinski definition) is 5. The van der Waals surface area contributed by atoms with Gasteiger partial charge in [-0.1, -0.05) is 26.3 Å². The number of allylic oxidation sites excluding steroid dienone is 3. The van der Waals surface area contributed by atoms with Crippen molar-refractivity contribution >= 4 is 29.0 Å². The number of hydrogen-bond donors (Lipinski definition) is 2. The molecule has 1 aromatic rings. The van der Waals surface area contributed by atoms with Gasteiger partial charge in [0.2, 0.25) is 0 Å². The fraction of sp³-hybridized carbons (Fsp3) is 0.552. The number of methoxy groups -OCH3 is 1. The smallest absolute Gasteiger partial charge is 0.305 e. The molecule has 2 heterocycles. The Bertz CT molecular complexity index is 1150. The molecule has 0 aromatic carbocycles. The number of ether oxygens (including phenoxy) is 1. The number of H-pyrrole nitrogens is 1. The summed E-state index contributed by atoms with van der Waals surface area (Å²) in [4.78, 5) is 25.3. The molecule has 2 atom stereocenters. The van der Waals surface area contributed by atoms with Crippen LogP contribution in [-0.4, -0.2) is 43.1 Å². The maximum absolute atomic E-state index is 12.0. The Hall–Kier alpha value is -2.89. The molecule has 0 spiro atoms. The van der Waals surface area contributed by atoms with Crippen molar-refractivity contribution in [3.63, 3.8) is 0 Å². The largest absolute Gasteiger partial charge is 0.469 e. The zero-order valence-corrected chi connectivity index (χ0v) is 23.1. The number of rotatable bonds is 10. The van der Waals surface area contributed by atoms with Crippen LogP contribution >= 0.6 is 0 Å². The summed E-state index contributed by atoms with van der Waals surface area (Å²) < 4.78 is 4.93. The van der Waals surface area contributed by atoms with E-state index in [1.165, 1.54) is 18.2 Å². The van der Waals surface area contributed by atoms with Crippen LogP contribution in [0.1, 0.15) is 72.8 Å². The zero-order chi connectivity index (χ0) is 26.1. The standard InChI is InChI=1S/C29H44N4O2/c1-10-18(4)24(30-8)17-27-20(6)23(13-14-28(34)35-9)29(33-27)21(7)26-15-19(5)25(32-26)16-22(11-2)31-12-3/h15-17,20,23,30,32H,10-14H2,1-9H3/b24-18-,25-16-,26-21-,27-17-,31-22?/t20-,23-/m0/s1. The second-order valence-electron chi connectivity index (χ2n) is 9.24. The average molecular weight is 481 g/mol. The van der Waals surface area contributed by atoms with E-state index in [-0.39, 0.29) is 17.8 Å². The highest BCUT2D eigenvalue weighted by Gasteiger charge is 2.33. The number of esters is 1. The molecule has 35 heavy (non-hydrogen) atoms. The summed E-state index contributed by atoms with van der Waals surface area (Å²) in [7, 11) is 3.40. The molecule has 6 heteroatoms. The summed E-state index contributed by atoms with van der Waals surface area (Å²) in [6.07, 6.45) is 7.27. The number of aryl methyl sites for hydroxylation is 1. The first kappa shape index (κ1) is 28.3. The molecule has 2 rings (SSSR count). The second-order valence-corrected chi connectivity index (χ2v) is 9.24. The second kappa shape index (κ2) is 13.3. The Kier molecular flexibility index (Phi) is 10.7. The normalized spacial score (nSPS) is 21.7. The summed E-state index contributed by atoms with van der Waals surface area (Å²) >= 11 is 0. The van der Waals surface area contributed by atoms with Gasteiger partial charge in [-0.15, -0.1) is 0 Å². The van der Waals surface area contributed by atoms with Gasteiger partial charge in [0.1, 0.15) is 0 Å². The molecule has 0 bridgehead atoms. The van der Waals surface area contributed by atoms with Gasteiger partial charge in [-0.25, -0.2) is 0 Å². The minimum Gasteiger partial charge on any atom is -0.469 e. The van der Waals surface area contributed by atoms with Crippen LogP contribution in [0.15, 0.2) is 39.1 Å². The lowest BCUT2D eigenvalue weighted by atomic mass is 9.84. The van der Waals surface area contributed by atoms with E-state index < -0.39 is 0 Å². The minimum atomic E-state index is -0.181. The number of aliphatic imine (C=N–C) groups is 2. The first-order chi connectivity index (χ1) is 16.7. The number of likely N-dealkylation sites (N-methyl/N-ethyl adjacent to an activating group) is 1. The Labute approximate surface area is 211 Å². The van der Waals surface area contributed by atoms with Crippen LogP contribution in [0.25, 0.3) is 11.6 Å². The van der Waals surface area contributed by atoms with Gasteiger partial charge >= 0.3 is 5.97 Å². The van der Waals surface area contributed by atoms with E-state index in [4.69, 9.17) is 9.73 Å². The molecule has 0 aliphatic carbocycles. The fourth-order valence-electron chi connectivity index (χ4n) is 4.49. The zero-order valence-electron chi connectivity index (χ0n) is 23.1. The first-order valence-electron chi connectivity index (χ1n) is 12.9. The van der Waals surface area contributed by atoms with Crippen LogP contribution < -0.4 is 16.0 Å². The molecule has 192 valence electrons. The Balaban J connectivity index is 2.64. The van der Waals surface area contributed by atoms with E-state index in [9.17, 15) is 4.79 Å². The first-order valence-corrected chi connectivity index (χ1v) is 12.9. The van der Waals surface area contributed by atoms with E-state index >= 15 is 0 Å². The van der Waals surface area contributed by atoms with Gasteiger partial charge < -0.3 is 15.0 Å². The molecular weight excluding hydrogens is 436 g/mol. The lowest BCUT2D eigenvalue weighted by Crippen LogP contribution is -2.23. The number of aromatic amines is 1. The minimum absolute atomic E-state index is 0.143. The van der Waals surface area contributed by atoms with Crippen LogP contribution in [0.2, 0.25) is 0 Å². The molecule has 6 nitrogen and oxygen atoms in total. The summed E-state index contributed by atoms with van der Waals surface area (Å²) in [6, 6.07) is 2.19. The van der Waals surface area contributed by atoms with E-state index in [1.54, 1.807) is 0 Å². The van der Waals surface area contributed by atoms with Gasteiger partial charge in [0.05, 0.1) is 7.11 Å². The fourth-order valence-corrected chi connectivity index (χ4v) is 4.49. The van der Waals surface area contributed by atoms with Crippen molar-refractivity contribution in [2.45, 2.75) is 74.1 Å². The van der Waals surface area contributed by atoms with Crippen LogP contribution in [0.3, 0.4) is 0 Å². The summed E-state index contributed by atoms with van der Waals surface area (Å²) in [5.74, 6) is 0.159. The Morgan fingerprint density at radius 2 is 1.94 bits per heavy atom. The predicted molar refractivity (Wildman–Crippen MR) is 148 cm³/mol. The van der Waals surface area contributed by atoms with Crippen LogP contribution in [0.5, 0.6) is 0 Å². The van der Waals surface area contributed by atoms with Crippen molar-refractivity contribution in [3.8, 4) is 0 Å². The number of aromatic nitrogens is 1. The highest BCUT2D eigenvalue weighted by Crippen LogP contribution is 2.37. The third kappa shape index (κ3) is 7.06. The number of nitrogens with zero attached hydrogens (tertiary/aromatic N) is 2. The SMILES string of the molecule is CCN=C(/C=c1\[nH]/c(=C(/C)C2=N/C(=C\C(NC)=C(/C)CC)[C@@H](C)[C@@H]2CCC(=O)OC)cc1C)CC. The van der Waals surface area contributed by atoms with Crippen molar-refractivity contribution in [1.29, 1.82) is 0 Å². The van der Waals surface area contributed by atoms with Crippen molar-refractivity contribution in [1.82, 2.24) is 10.3 Å². The van der Waals surface area contributed by atoms with Gasteiger partial charge in [0.25, 0.3) is 0 Å². The Morgan fingerprint density at radius 3 is 2.51 bits per heavy atom. The molecule has 1 aliphatic heterocycles. The van der Waals surface area contributed by atoms with E-state index in [1.807, 2.05) is 7.05 Å². The van der Waals surface area contributed by atoms with Crippen LogP contribution in [-0.2, 0) is 9.53 Å². The molecule has 0 saturated carbocycles. The van der Waals surface area contributed by atoms with Crippen molar-refractivity contribution < 1.29 is 9.53 Å². The van der Waals surface area contributed by atoms with Gasteiger partial charge in [-0.05, 0) is 76.3 Å². The van der Waals surface area contributed by atoms with E-state index in [2.05, 4.69) is 82.0 Å². The maximum Gasteiger partial charge on any atom is 0.305 e. The molecule has 0 fully saturated rings. The average Bonchev–Trinajstić information content (AvgIpc) is 3.38. The predicted octanol–water partition coefficient (Wildman–Crippen LogP) is 4.59. The quantitative estimate of drug-likeness (QED) is 0.380. The topological polar surface area (TPSA) is 78.8 Å². The highest BCUT2D eigenvalue weighted by molar-refractivity contribution is 6.20. The van der Waals surface area contributed by atoms with Crippen molar-refractivity contribution in [2.24, 2.45) is 21.8 Å². The van der Waals surface area contributed by atoms with E-state index in [0.717, 1.165) is 58.5 Å². The summed E-state index contributed by atoms with van der Waals surface area (Å²) in [5, 5.41) is 5.47. The molecule has 0 unspecified atom stereocenters. The summed E-state index contributed by atoms with van der Waals surface area (Å²) in [5.41, 5.74) is 7.89. The lowest BCUT2D eigenvalue weighted by Gasteiger charge is -2.18.